The second-order valence-corrected chi connectivity index (χ2v) is 8.49. The minimum atomic E-state index is -0.722. The number of halogens is 2. The number of hydrogen-bond acceptors (Lipinski definition) is 3. The highest BCUT2D eigenvalue weighted by molar-refractivity contribution is 5.94. The summed E-state index contributed by atoms with van der Waals surface area (Å²) in [4.78, 5) is 19.6. The lowest BCUT2D eigenvalue weighted by atomic mass is 10.1. The summed E-state index contributed by atoms with van der Waals surface area (Å²) in [6, 6.07) is 9.19. The molecule has 0 atom stereocenters. The summed E-state index contributed by atoms with van der Waals surface area (Å²) >= 11 is 0. The molecule has 0 radical (unpaired) electrons. The molecule has 3 aromatic rings. The first-order valence-corrected chi connectivity index (χ1v) is 11.3. The smallest absolute Gasteiger partial charge is 0.257 e. The molecule has 1 amide bonds. The maximum atomic E-state index is 14.3. The van der Waals surface area contributed by atoms with Crippen molar-refractivity contribution in [2.24, 2.45) is 5.92 Å². The van der Waals surface area contributed by atoms with Gasteiger partial charge in [-0.1, -0.05) is 33.8 Å². The van der Waals surface area contributed by atoms with Crippen molar-refractivity contribution >= 4 is 16.9 Å². The van der Waals surface area contributed by atoms with Crippen molar-refractivity contribution < 1.29 is 13.6 Å². The van der Waals surface area contributed by atoms with Crippen molar-refractivity contribution in [3.63, 3.8) is 0 Å². The minimum Gasteiger partial charge on any atom is -0.331 e. The van der Waals surface area contributed by atoms with E-state index in [9.17, 15) is 13.6 Å². The van der Waals surface area contributed by atoms with E-state index in [-0.39, 0.29) is 18.0 Å². The lowest BCUT2D eigenvalue weighted by molar-refractivity contribution is 0.0711. The third-order valence-electron chi connectivity index (χ3n) is 5.28. The predicted octanol–water partition coefficient (Wildman–Crippen LogP) is 5.13. The normalized spacial score (nSPS) is 11.5. The summed E-state index contributed by atoms with van der Waals surface area (Å²) in [7, 11) is 0. The monoisotopic (exact) mass is 442 g/mol. The van der Waals surface area contributed by atoms with Gasteiger partial charge in [-0.2, -0.15) is 0 Å². The molecule has 0 aliphatic heterocycles. The fraction of sp³-hybridized carbons (Fsp3) is 0.440. The summed E-state index contributed by atoms with van der Waals surface area (Å²) in [5.41, 5.74) is 2.77. The summed E-state index contributed by atoms with van der Waals surface area (Å²) in [5, 5.41) is 3.32. The predicted molar refractivity (Wildman–Crippen MR) is 123 cm³/mol. The molecule has 2 aromatic carbocycles. The molecule has 0 aliphatic carbocycles. The third kappa shape index (κ3) is 5.51. The van der Waals surface area contributed by atoms with Crippen LogP contribution in [0, 0.1) is 17.6 Å². The lowest BCUT2D eigenvalue weighted by Crippen LogP contribution is -2.35. The van der Waals surface area contributed by atoms with Gasteiger partial charge in [-0.25, -0.2) is 13.8 Å². The van der Waals surface area contributed by atoms with Crippen LogP contribution in [0.1, 0.15) is 55.9 Å². The number of amides is 1. The fourth-order valence-electron chi connectivity index (χ4n) is 3.86. The molecular weight excluding hydrogens is 410 g/mol. The van der Waals surface area contributed by atoms with E-state index in [1.54, 1.807) is 4.90 Å². The molecule has 0 fully saturated rings. The van der Waals surface area contributed by atoms with Crippen LogP contribution < -0.4 is 5.32 Å². The van der Waals surface area contributed by atoms with Gasteiger partial charge in [0, 0.05) is 19.6 Å². The summed E-state index contributed by atoms with van der Waals surface area (Å²) in [5.74, 6) is -0.982. The molecule has 0 aliphatic rings. The van der Waals surface area contributed by atoms with Gasteiger partial charge in [-0.3, -0.25) is 4.79 Å². The highest BCUT2D eigenvalue weighted by Crippen LogP contribution is 2.22. The minimum absolute atomic E-state index is 0.159. The zero-order valence-electron chi connectivity index (χ0n) is 19.3. The average Bonchev–Trinajstić information content (AvgIpc) is 3.09. The molecule has 0 bridgehead atoms. The van der Waals surface area contributed by atoms with Crippen molar-refractivity contribution in [3.05, 3.63) is 65.0 Å². The largest absolute Gasteiger partial charge is 0.331 e. The van der Waals surface area contributed by atoms with E-state index in [2.05, 4.69) is 41.9 Å². The maximum absolute atomic E-state index is 14.3. The molecule has 0 saturated carbocycles. The molecule has 0 spiro atoms. The summed E-state index contributed by atoms with van der Waals surface area (Å²) in [6.07, 6.45) is 0.911. The van der Waals surface area contributed by atoms with E-state index in [1.807, 2.05) is 13.8 Å². The van der Waals surface area contributed by atoms with Crippen LogP contribution in [0.5, 0.6) is 0 Å². The maximum Gasteiger partial charge on any atom is 0.257 e. The van der Waals surface area contributed by atoms with Crippen LogP contribution in [0.3, 0.4) is 0 Å². The van der Waals surface area contributed by atoms with Crippen LogP contribution >= 0.6 is 0 Å². The molecule has 5 nitrogen and oxygen atoms in total. The van der Waals surface area contributed by atoms with Crippen molar-refractivity contribution in [2.75, 3.05) is 13.1 Å². The van der Waals surface area contributed by atoms with Crippen LogP contribution in [-0.2, 0) is 19.6 Å². The number of rotatable bonds is 10. The molecule has 0 saturated heterocycles. The number of aromatic nitrogens is 2. The Morgan fingerprint density at radius 1 is 1.16 bits per heavy atom. The van der Waals surface area contributed by atoms with Crippen molar-refractivity contribution in [1.29, 1.82) is 0 Å². The van der Waals surface area contributed by atoms with E-state index < -0.39 is 17.5 Å². The Morgan fingerprint density at radius 2 is 1.94 bits per heavy atom. The Labute approximate surface area is 188 Å². The van der Waals surface area contributed by atoms with Crippen LogP contribution in [0.15, 0.2) is 36.4 Å². The standard InChI is InChI=1S/C25H32F2N4O/c1-5-11-31-23-10-7-18(14-28-6-2)12-22(23)29-24(31)16-30(15-17(3)4)25(32)20-13-19(26)8-9-21(20)27/h7-10,12-13,17,28H,5-6,11,14-16H2,1-4H3. The average molecular weight is 443 g/mol. The molecule has 1 N–H and O–H groups in total. The molecule has 0 unspecified atom stereocenters. The van der Waals surface area contributed by atoms with Crippen LogP contribution in [0.2, 0.25) is 0 Å². The Bertz CT molecular complexity index is 1080. The molecule has 1 heterocycles. The van der Waals surface area contributed by atoms with Gasteiger partial charge in [-0.05, 0) is 54.8 Å². The third-order valence-corrected chi connectivity index (χ3v) is 5.28. The highest BCUT2D eigenvalue weighted by atomic mass is 19.1. The zero-order chi connectivity index (χ0) is 23.3. The van der Waals surface area contributed by atoms with Gasteiger partial charge < -0.3 is 14.8 Å². The van der Waals surface area contributed by atoms with Gasteiger partial charge in [0.15, 0.2) is 0 Å². The Hall–Kier alpha value is -2.80. The van der Waals surface area contributed by atoms with Gasteiger partial charge in [0.2, 0.25) is 0 Å². The van der Waals surface area contributed by atoms with Gasteiger partial charge in [0.1, 0.15) is 17.5 Å². The van der Waals surface area contributed by atoms with Gasteiger partial charge >= 0.3 is 0 Å². The Balaban J connectivity index is 1.99. The van der Waals surface area contributed by atoms with Crippen LogP contribution in [0.4, 0.5) is 8.78 Å². The number of benzene rings is 2. The van der Waals surface area contributed by atoms with Crippen LogP contribution in [-0.4, -0.2) is 33.4 Å². The zero-order valence-corrected chi connectivity index (χ0v) is 19.3. The van der Waals surface area contributed by atoms with Gasteiger partial charge in [0.25, 0.3) is 5.91 Å². The van der Waals surface area contributed by atoms with E-state index in [1.165, 1.54) is 0 Å². The van der Waals surface area contributed by atoms with Crippen molar-refractivity contribution in [2.45, 2.75) is 53.8 Å². The van der Waals surface area contributed by atoms with E-state index in [0.717, 1.165) is 66.7 Å². The molecule has 1 aromatic heterocycles. The number of nitrogens with one attached hydrogen (secondary N) is 1. The van der Waals surface area contributed by atoms with E-state index >= 15 is 0 Å². The second kappa shape index (κ2) is 10.7. The fourth-order valence-corrected chi connectivity index (χ4v) is 3.86. The number of carbonyl (C=O) groups excluding carboxylic acids is 1. The Morgan fingerprint density at radius 3 is 2.62 bits per heavy atom. The number of aryl methyl sites for hydroxylation is 1. The molecular formula is C25H32F2N4O. The first kappa shape index (κ1) is 23.9. The first-order chi connectivity index (χ1) is 15.3. The first-order valence-electron chi connectivity index (χ1n) is 11.3. The number of hydrogen-bond donors (Lipinski definition) is 1. The van der Waals surface area contributed by atoms with E-state index in [4.69, 9.17) is 4.98 Å². The quantitative estimate of drug-likeness (QED) is 0.473. The van der Waals surface area contributed by atoms with Gasteiger partial charge in [0.05, 0.1) is 23.1 Å². The van der Waals surface area contributed by atoms with E-state index in [0.29, 0.717) is 6.54 Å². The molecule has 7 heteroatoms. The topological polar surface area (TPSA) is 50.2 Å². The second-order valence-electron chi connectivity index (χ2n) is 8.49. The van der Waals surface area contributed by atoms with Crippen molar-refractivity contribution in [3.8, 4) is 0 Å². The Kier molecular flexibility index (Phi) is 7.96. The highest BCUT2D eigenvalue weighted by Gasteiger charge is 2.23. The summed E-state index contributed by atoms with van der Waals surface area (Å²) < 4.78 is 30.2. The lowest BCUT2D eigenvalue weighted by Gasteiger charge is -2.25. The number of carbonyl (C=O) groups is 1. The number of imidazole rings is 1. The molecule has 32 heavy (non-hydrogen) atoms. The van der Waals surface area contributed by atoms with Gasteiger partial charge in [-0.15, -0.1) is 0 Å². The SMILES string of the molecule is CCCn1c(CN(CC(C)C)C(=O)c2cc(F)ccc2F)nc2cc(CNCC)ccc21. The molecule has 172 valence electrons. The molecule has 3 rings (SSSR count). The van der Waals surface area contributed by atoms with Crippen molar-refractivity contribution in [1.82, 2.24) is 19.8 Å². The van der Waals surface area contributed by atoms with Crippen LogP contribution in [0.25, 0.3) is 11.0 Å². The number of nitrogens with zero attached hydrogens (tertiary/aromatic N) is 3. The summed E-state index contributed by atoms with van der Waals surface area (Å²) in [6.45, 7) is 11.2. The number of fused-ring (bicyclic) bond motifs is 1.